The Kier molecular flexibility index (Phi) is 11.9. The van der Waals surface area contributed by atoms with Gasteiger partial charge in [-0.15, -0.1) is 0 Å². The number of hydrogen-bond acceptors (Lipinski definition) is 3. The number of urea groups is 1. The lowest BCUT2D eigenvalue weighted by atomic mass is 10.1. The zero-order chi connectivity index (χ0) is 14.5. The molecule has 4 nitrogen and oxygen atoms in total. The van der Waals surface area contributed by atoms with Crippen molar-refractivity contribution in [1.29, 1.82) is 0 Å². The molecule has 0 atom stereocenters. The Hall–Kier alpha value is -0.710. The summed E-state index contributed by atoms with van der Waals surface area (Å²) >= 11 is 1.59. The number of nitrogens with zero attached hydrogens (tertiary/aromatic N) is 2. The highest BCUT2D eigenvalue weighted by atomic mass is 32.2. The van der Waals surface area contributed by atoms with E-state index in [1.165, 1.54) is 37.0 Å². The molecule has 0 saturated heterocycles. The number of aliphatic imine (C=N–C) groups is 1. The van der Waals surface area contributed by atoms with Crippen LogP contribution in [0.2, 0.25) is 0 Å². The standard InChI is InChI=1S/C14H29N3OS/c1-5-7-8-9-10-11-12-15-13(19-6-2)16-14(18)17(3)4/h5-12H2,1-4H3,(H,15,16,18). The number of amidine groups is 1. The fraction of sp³-hybridized carbons (Fsp3) is 0.857. The second-order valence-corrected chi connectivity index (χ2v) is 5.96. The van der Waals surface area contributed by atoms with Crippen molar-refractivity contribution in [2.45, 2.75) is 52.4 Å². The van der Waals surface area contributed by atoms with Crippen LogP contribution in [0.4, 0.5) is 4.79 Å². The van der Waals surface area contributed by atoms with Crippen molar-refractivity contribution in [3.8, 4) is 0 Å². The third-order valence-corrected chi connectivity index (χ3v) is 3.46. The summed E-state index contributed by atoms with van der Waals surface area (Å²) in [5, 5.41) is 3.57. The second kappa shape index (κ2) is 12.3. The van der Waals surface area contributed by atoms with Gasteiger partial charge in [0, 0.05) is 20.6 Å². The first kappa shape index (κ1) is 18.3. The molecule has 0 spiro atoms. The van der Waals surface area contributed by atoms with Crippen molar-refractivity contribution in [3.05, 3.63) is 0 Å². The fourth-order valence-electron chi connectivity index (χ4n) is 1.53. The van der Waals surface area contributed by atoms with Gasteiger partial charge in [0.05, 0.1) is 0 Å². The smallest absolute Gasteiger partial charge is 0.322 e. The van der Waals surface area contributed by atoms with Gasteiger partial charge in [-0.3, -0.25) is 10.3 Å². The van der Waals surface area contributed by atoms with E-state index in [1.807, 2.05) is 0 Å². The molecule has 5 heteroatoms. The molecule has 2 amide bonds. The van der Waals surface area contributed by atoms with E-state index in [0.29, 0.717) is 0 Å². The lowest BCUT2D eigenvalue weighted by molar-refractivity contribution is 0.222. The number of nitrogens with one attached hydrogen (secondary N) is 1. The van der Waals surface area contributed by atoms with Gasteiger partial charge in [0.1, 0.15) is 0 Å². The number of carbonyl (C=O) groups is 1. The van der Waals surface area contributed by atoms with Crippen molar-refractivity contribution in [2.75, 3.05) is 26.4 Å². The zero-order valence-corrected chi connectivity index (χ0v) is 13.7. The van der Waals surface area contributed by atoms with Gasteiger partial charge in [-0.2, -0.15) is 0 Å². The molecule has 0 heterocycles. The molecule has 112 valence electrons. The van der Waals surface area contributed by atoms with Crippen LogP contribution in [-0.2, 0) is 0 Å². The maximum Gasteiger partial charge on any atom is 0.322 e. The van der Waals surface area contributed by atoms with Crippen molar-refractivity contribution in [1.82, 2.24) is 10.2 Å². The van der Waals surface area contributed by atoms with Crippen molar-refractivity contribution < 1.29 is 4.79 Å². The van der Waals surface area contributed by atoms with Crippen molar-refractivity contribution in [3.63, 3.8) is 0 Å². The number of thioether (sulfide) groups is 1. The monoisotopic (exact) mass is 287 g/mol. The minimum atomic E-state index is -0.109. The highest BCUT2D eigenvalue weighted by molar-refractivity contribution is 8.13. The van der Waals surface area contributed by atoms with E-state index in [1.54, 1.807) is 25.9 Å². The van der Waals surface area contributed by atoms with E-state index in [-0.39, 0.29) is 6.03 Å². The normalized spacial score (nSPS) is 11.5. The van der Waals surface area contributed by atoms with Crippen LogP contribution in [0.15, 0.2) is 4.99 Å². The molecule has 0 rings (SSSR count). The number of unbranched alkanes of at least 4 members (excludes halogenated alkanes) is 5. The predicted octanol–water partition coefficient (Wildman–Crippen LogP) is 3.73. The topological polar surface area (TPSA) is 44.7 Å². The SMILES string of the molecule is CCCCCCCCN=C(NC(=O)N(C)C)SCC. The van der Waals surface area contributed by atoms with Crippen LogP contribution >= 0.6 is 11.8 Å². The van der Waals surface area contributed by atoms with Gasteiger partial charge in [-0.25, -0.2) is 4.79 Å². The van der Waals surface area contributed by atoms with Crippen LogP contribution < -0.4 is 5.32 Å². The van der Waals surface area contributed by atoms with Gasteiger partial charge in [-0.1, -0.05) is 57.7 Å². The summed E-state index contributed by atoms with van der Waals surface area (Å²) in [6.45, 7) is 5.10. The molecule has 0 fully saturated rings. The Balaban J connectivity index is 3.89. The van der Waals surface area contributed by atoms with Crippen molar-refractivity contribution in [2.24, 2.45) is 4.99 Å². The minimum absolute atomic E-state index is 0.109. The first-order valence-electron chi connectivity index (χ1n) is 7.27. The van der Waals surface area contributed by atoms with Gasteiger partial charge < -0.3 is 4.90 Å². The van der Waals surface area contributed by atoms with E-state index in [4.69, 9.17) is 0 Å². The van der Waals surface area contributed by atoms with E-state index >= 15 is 0 Å². The maximum atomic E-state index is 11.6. The van der Waals surface area contributed by atoms with Crippen LogP contribution in [0.3, 0.4) is 0 Å². The van der Waals surface area contributed by atoms with Gasteiger partial charge in [0.15, 0.2) is 5.17 Å². The highest BCUT2D eigenvalue weighted by Crippen LogP contribution is 2.06. The molecule has 0 bridgehead atoms. The highest BCUT2D eigenvalue weighted by Gasteiger charge is 2.06. The third kappa shape index (κ3) is 10.9. The summed E-state index contributed by atoms with van der Waals surface area (Å²) in [5.41, 5.74) is 0. The third-order valence-electron chi connectivity index (χ3n) is 2.67. The molecule has 0 unspecified atom stereocenters. The zero-order valence-electron chi connectivity index (χ0n) is 12.9. The molecule has 0 aliphatic carbocycles. The molecule has 0 aromatic carbocycles. The largest absolute Gasteiger partial charge is 0.331 e. The molecule has 0 aromatic heterocycles. The van der Waals surface area contributed by atoms with Crippen LogP contribution in [0.1, 0.15) is 52.4 Å². The Labute approximate surface area is 122 Å². The average molecular weight is 287 g/mol. The Morgan fingerprint density at radius 3 is 2.32 bits per heavy atom. The van der Waals surface area contributed by atoms with E-state index in [9.17, 15) is 4.79 Å². The van der Waals surface area contributed by atoms with E-state index in [2.05, 4.69) is 24.2 Å². The summed E-state index contributed by atoms with van der Waals surface area (Å²) in [4.78, 5) is 17.6. The van der Waals surface area contributed by atoms with Gasteiger partial charge in [0.25, 0.3) is 0 Å². The van der Waals surface area contributed by atoms with Crippen LogP contribution in [0.25, 0.3) is 0 Å². The summed E-state index contributed by atoms with van der Waals surface area (Å²) < 4.78 is 0. The molecule has 19 heavy (non-hydrogen) atoms. The Bertz CT molecular complexity index is 267. The van der Waals surface area contributed by atoms with Crippen LogP contribution in [0.5, 0.6) is 0 Å². The minimum Gasteiger partial charge on any atom is -0.331 e. The van der Waals surface area contributed by atoms with Crippen LogP contribution in [0, 0.1) is 0 Å². The molecule has 0 aliphatic heterocycles. The number of rotatable bonds is 8. The molecule has 1 N–H and O–H groups in total. The Morgan fingerprint density at radius 1 is 1.11 bits per heavy atom. The summed E-state index contributed by atoms with van der Waals surface area (Å²) in [6, 6.07) is -0.109. The number of carbonyl (C=O) groups excluding carboxylic acids is 1. The number of amides is 2. The summed E-state index contributed by atoms with van der Waals surface area (Å²) in [7, 11) is 3.47. The lowest BCUT2D eigenvalue weighted by Crippen LogP contribution is -2.37. The number of hydrogen-bond donors (Lipinski definition) is 1. The van der Waals surface area contributed by atoms with E-state index < -0.39 is 0 Å². The average Bonchev–Trinajstić information content (AvgIpc) is 2.37. The Morgan fingerprint density at radius 2 is 1.74 bits per heavy atom. The molecule has 0 saturated carbocycles. The molecule has 0 aromatic rings. The molecule has 0 radical (unpaired) electrons. The van der Waals surface area contributed by atoms with Gasteiger partial charge >= 0.3 is 6.03 Å². The second-order valence-electron chi connectivity index (χ2n) is 4.71. The van der Waals surface area contributed by atoms with Crippen molar-refractivity contribution >= 4 is 23.0 Å². The van der Waals surface area contributed by atoms with Gasteiger partial charge in [0.2, 0.25) is 0 Å². The van der Waals surface area contributed by atoms with Crippen LogP contribution in [-0.4, -0.2) is 42.5 Å². The summed E-state index contributed by atoms with van der Waals surface area (Å²) in [6.07, 6.45) is 7.58. The fourth-order valence-corrected chi connectivity index (χ4v) is 2.15. The maximum absolute atomic E-state index is 11.6. The first-order valence-corrected chi connectivity index (χ1v) is 8.25. The predicted molar refractivity (Wildman–Crippen MR) is 86.0 cm³/mol. The molecular formula is C14H29N3OS. The molecule has 0 aliphatic rings. The summed E-state index contributed by atoms with van der Waals surface area (Å²) in [5.74, 6) is 0.920. The lowest BCUT2D eigenvalue weighted by Gasteiger charge is -2.13. The van der Waals surface area contributed by atoms with E-state index in [0.717, 1.165) is 23.9 Å². The van der Waals surface area contributed by atoms with Gasteiger partial charge in [-0.05, 0) is 12.2 Å². The quantitative estimate of drug-likeness (QED) is 0.420. The molecular weight excluding hydrogens is 258 g/mol. The first-order chi connectivity index (χ1) is 9.11.